The van der Waals surface area contributed by atoms with Crippen molar-refractivity contribution in [3.05, 3.63) is 36.4 Å². The summed E-state index contributed by atoms with van der Waals surface area (Å²) >= 11 is 0. The van der Waals surface area contributed by atoms with Gasteiger partial charge < -0.3 is 9.84 Å². The molecule has 0 radical (unpaired) electrons. The molecule has 0 fully saturated rings. The summed E-state index contributed by atoms with van der Waals surface area (Å²) in [5.74, 6) is 0.476. The van der Waals surface area contributed by atoms with Crippen LogP contribution in [0.1, 0.15) is 19.3 Å². The summed E-state index contributed by atoms with van der Waals surface area (Å²) in [4.78, 5) is 0.125. The lowest BCUT2D eigenvalue weighted by molar-refractivity contribution is 0.0797. The Morgan fingerprint density at radius 2 is 2.25 bits per heavy atom. The van der Waals surface area contributed by atoms with Crippen LogP contribution in [0.25, 0.3) is 0 Å². The number of sulfonamides is 1. The Hall–Kier alpha value is -1.37. The SMILES string of the molecule is COc1cccc(S(=O)(=O)NCC2(O)C=CCCC2)c1. The van der Waals surface area contributed by atoms with E-state index in [0.29, 0.717) is 12.2 Å². The number of benzene rings is 1. The number of nitrogens with one attached hydrogen (secondary N) is 1. The molecule has 0 aromatic heterocycles. The third kappa shape index (κ3) is 3.59. The highest BCUT2D eigenvalue weighted by molar-refractivity contribution is 7.89. The van der Waals surface area contributed by atoms with E-state index in [1.165, 1.54) is 19.2 Å². The van der Waals surface area contributed by atoms with E-state index in [1.54, 1.807) is 18.2 Å². The van der Waals surface area contributed by atoms with E-state index in [4.69, 9.17) is 4.74 Å². The molecule has 1 aromatic rings. The molecule has 1 aliphatic rings. The first-order chi connectivity index (χ1) is 9.45. The summed E-state index contributed by atoms with van der Waals surface area (Å²) in [6.45, 7) is -0.0248. The van der Waals surface area contributed by atoms with Crippen molar-refractivity contribution in [2.24, 2.45) is 0 Å². The second-order valence-electron chi connectivity index (χ2n) is 4.90. The van der Waals surface area contributed by atoms with E-state index in [0.717, 1.165) is 12.8 Å². The molecule has 5 nitrogen and oxygen atoms in total. The molecule has 0 saturated heterocycles. The molecule has 20 heavy (non-hydrogen) atoms. The molecular weight excluding hydrogens is 278 g/mol. The van der Waals surface area contributed by atoms with Crippen LogP contribution in [0.3, 0.4) is 0 Å². The lowest BCUT2D eigenvalue weighted by atomic mass is 9.91. The van der Waals surface area contributed by atoms with Crippen molar-refractivity contribution in [1.82, 2.24) is 4.72 Å². The minimum atomic E-state index is -3.65. The summed E-state index contributed by atoms with van der Waals surface area (Å²) < 4.78 is 31.8. The molecule has 1 aromatic carbocycles. The van der Waals surface area contributed by atoms with Crippen molar-refractivity contribution in [2.45, 2.75) is 29.8 Å². The minimum absolute atomic E-state index is 0.0248. The normalized spacial score (nSPS) is 22.7. The topological polar surface area (TPSA) is 75.6 Å². The van der Waals surface area contributed by atoms with E-state index in [1.807, 2.05) is 6.08 Å². The summed E-state index contributed by atoms with van der Waals surface area (Å²) in [7, 11) is -2.17. The van der Waals surface area contributed by atoms with Crippen molar-refractivity contribution in [3.63, 3.8) is 0 Å². The van der Waals surface area contributed by atoms with E-state index in [2.05, 4.69) is 4.72 Å². The summed E-state index contributed by atoms with van der Waals surface area (Å²) in [5, 5.41) is 10.2. The molecule has 2 N–H and O–H groups in total. The minimum Gasteiger partial charge on any atom is -0.497 e. The van der Waals surface area contributed by atoms with Crippen LogP contribution in [0.5, 0.6) is 5.75 Å². The van der Waals surface area contributed by atoms with Gasteiger partial charge >= 0.3 is 0 Å². The maximum Gasteiger partial charge on any atom is 0.240 e. The summed E-state index contributed by atoms with van der Waals surface area (Å²) in [6, 6.07) is 6.23. The van der Waals surface area contributed by atoms with Gasteiger partial charge in [-0.3, -0.25) is 0 Å². The third-order valence-corrected chi connectivity index (χ3v) is 4.73. The number of hydrogen-bond acceptors (Lipinski definition) is 4. The predicted molar refractivity (Wildman–Crippen MR) is 76.1 cm³/mol. The standard InChI is InChI=1S/C14H19NO4S/c1-19-12-6-5-7-13(10-12)20(17,18)15-11-14(16)8-3-2-4-9-14/h3,5-8,10,15-16H,2,4,9,11H2,1H3. The van der Waals surface area contributed by atoms with Crippen LogP contribution in [0.4, 0.5) is 0 Å². The molecule has 2 rings (SSSR count). The summed E-state index contributed by atoms with van der Waals surface area (Å²) in [5.41, 5.74) is -1.09. The van der Waals surface area contributed by atoms with Crippen molar-refractivity contribution < 1.29 is 18.3 Å². The second kappa shape index (κ2) is 5.95. The molecule has 1 atom stereocenters. The highest BCUT2D eigenvalue weighted by atomic mass is 32.2. The highest BCUT2D eigenvalue weighted by Gasteiger charge is 2.27. The Morgan fingerprint density at radius 3 is 2.90 bits per heavy atom. The van der Waals surface area contributed by atoms with Crippen LogP contribution in [0.15, 0.2) is 41.3 Å². The first-order valence-corrected chi connectivity index (χ1v) is 7.97. The lowest BCUT2D eigenvalue weighted by Gasteiger charge is -2.27. The van der Waals surface area contributed by atoms with Gasteiger partial charge in [0.05, 0.1) is 17.6 Å². The molecule has 0 spiro atoms. The highest BCUT2D eigenvalue weighted by Crippen LogP contribution is 2.22. The van der Waals surface area contributed by atoms with Gasteiger partial charge in [-0.05, 0) is 31.4 Å². The predicted octanol–water partition coefficient (Wildman–Crippen LogP) is 1.44. The van der Waals surface area contributed by atoms with Gasteiger partial charge in [0.2, 0.25) is 10.0 Å². The van der Waals surface area contributed by atoms with Gasteiger partial charge in [-0.1, -0.05) is 18.2 Å². The van der Waals surface area contributed by atoms with Crippen molar-refractivity contribution in [1.29, 1.82) is 0 Å². The van der Waals surface area contributed by atoms with Crippen LogP contribution in [0, 0.1) is 0 Å². The Labute approximate surface area is 119 Å². The van der Waals surface area contributed by atoms with Gasteiger partial charge in [-0.25, -0.2) is 13.1 Å². The fraction of sp³-hybridized carbons (Fsp3) is 0.429. The molecule has 0 amide bonds. The Morgan fingerprint density at radius 1 is 1.45 bits per heavy atom. The zero-order valence-corrected chi connectivity index (χ0v) is 12.2. The number of allylic oxidation sites excluding steroid dienone is 1. The van der Waals surface area contributed by atoms with Crippen molar-refractivity contribution >= 4 is 10.0 Å². The first-order valence-electron chi connectivity index (χ1n) is 6.49. The van der Waals surface area contributed by atoms with Gasteiger partial charge in [0, 0.05) is 12.6 Å². The van der Waals surface area contributed by atoms with Crippen LogP contribution in [-0.4, -0.2) is 32.8 Å². The van der Waals surface area contributed by atoms with E-state index in [9.17, 15) is 13.5 Å². The van der Waals surface area contributed by atoms with Crippen LogP contribution in [-0.2, 0) is 10.0 Å². The Balaban J connectivity index is 2.11. The van der Waals surface area contributed by atoms with E-state index < -0.39 is 15.6 Å². The Kier molecular flexibility index (Phi) is 4.47. The van der Waals surface area contributed by atoms with Gasteiger partial charge in [-0.15, -0.1) is 0 Å². The van der Waals surface area contributed by atoms with Gasteiger partial charge in [0.25, 0.3) is 0 Å². The zero-order valence-electron chi connectivity index (χ0n) is 11.4. The summed E-state index contributed by atoms with van der Waals surface area (Å²) in [6.07, 6.45) is 5.89. The monoisotopic (exact) mass is 297 g/mol. The fourth-order valence-corrected chi connectivity index (χ4v) is 3.27. The quantitative estimate of drug-likeness (QED) is 0.807. The average molecular weight is 297 g/mol. The van der Waals surface area contributed by atoms with Crippen LogP contribution < -0.4 is 9.46 Å². The van der Waals surface area contributed by atoms with Gasteiger partial charge in [-0.2, -0.15) is 0 Å². The molecule has 110 valence electrons. The molecular formula is C14H19NO4S. The first kappa shape index (κ1) is 15.0. The van der Waals surface area contributed by atoms with Crippen molar-refractivity contribution in [3.8, 4) is 5.75 Å². The largest absolute Gasteiger partial charge is 0.497 e. The van der Waals surface area contributed by atoms with Crippen molar-refractivity contribution in [2.75, 3.05) is 13.7 Å². The number of rotatable bonds is 5. The maximum absolute atomic E-state index is 12.2. The fourth-order valence-electron chi connectivity index (χ4n) is 2.13. The molecule has 1 aliphatic carbocycles. The molecule has 0 heterocycles. The van der Waals surface area contributed by atoms with E-state index in [-0.39, 0.29) is 11.4 Å². The molecule has 6 heteroatoms. The average Bonchev–Trinajstić information content (AvgIpc) is 2.46. The Bertz CT molecular complexity index is 597. The lowest BCUT2D eigenvalue weighted by Crippen LogP contribution is -2.42. The number of aliphatic hydroxyl groups is 1. The molecule has 0 aliphatic heterocycles. The number of hydrogen-bond donors (Lipinski definition) is 2. The van der Waals surface area contributed by atoms with Gasteiger partial charge in [0.15, 0.2) is 0 Å². The number of methoxy groups -OCH3 is 1. The second-order valence-corrected chi connectivity index (χ2v) is 6.67. The van der Waals surface area contributed by atoms with Crippen LogP contribution in [0.2, 0.25) is 0 Å². The smallest absolute Gasteiger partial charge is 0.240 e. The van der Waals surface area contributed by atoms with Gasteiger partial charge in [0.1, 0.15) is 5.75 Å². The third-order valence-electron chi connectivity index (χ3n) is 3.33. The number of ether oxygens (including phenoxy) is 1. The zero-order chi connectivity index (χ0) is 14.6. The molecule has 0 saturated carbocycles. The molecule has 1 unspecified atom stereocenters. The van der Waals surface area contributed by atoms with Crippen LogP contribution >= 0.6 is 0 Å². The molecule has 0 bridgehead atoms. The maximum atomic E-state index is 12.2. The van der Waals surface area contributed by atoms with E-state index >= 15 is 0 Å².